The molecule has 1 aromatic rings. The Bertz CT molecular complexity index is 347. The second-order valence-electron chi connectivity index (χ2n) is 4.02. The van der Waals surface area contributed by atoms with Gasteiger partial charge in [0, 0.05) is 17.8 Å². The van der Waals surface area contributed by atoms with Gasteiger partial charge in [0.15, 0.2) is 0 Å². The van der Waals surface area contributed by atoms with E-state index in [9.17, 15) is 0 Å². The largest absolute Gasteiger partial charge is 0.383 e. The van der Waals surface area contributed by atoms with Gasteiger partial charge in [-0.15, -0.1) is 6.58 Å². The maximum Gasteiger partial charge on any atom is 0.128 e. The number of anilines is 1. The zero-order valence-electron chi connectivity index (χ0n) is 10.2. The fourth-order valence-corrected chi connectivity index (χ4v) is 1.69. The summed E-state index contributed by atoms with van der Waals surface area (Å²) in [5.41, 5.74) is 8.12. The van der Waals surface area contributed by atoms with Crippen molar-refractivity contribution in [2.75, 3.05) is 12.3 Å². The molecule has 1 unspecified atom stereocenters. The summed E-state index contributed by atoms with van der Waals surface area (Å²) in [6.45, 7) is 8.94. The fraction of sp³-hybridized carbons (Fsp3) is 0.462. The van der Waals surface area contributed by atoms with Crippen LogP contribution in [0, 0.1) is 6.92 Å². The molecule has 1 rings (SSSR count). The molecule has 0 saturated carbocycles. The summed E-state index contributed by atoms with van der Waals surface area (Å²) in [6, 6.07) is 2.32. The molecule has 0 aliphatic carbocycles. The number of aromatic nitrogens is 1. The number of pyridine rings is 1. The predicted molar refractivity (Wildman–Crippen MR) is 69.2 cm³/mol. The Morgan fingerprint density at radius 2 is 2.38 bits per heavy atom. The van der Waals surface area contributed by atoms with Crippen LogP contribution in [0.3, 0.4) is 0 Å². The summed E-state index contributed by atoms with van der Waals surface area (Å²) in [6.07, 6.45) is 5.68. The molecule has 0 saturated heterocycles. The SMILES string of the molecule is C=CCC(NCCC)c1cc(C)cnc1N. The number of aryl methyl sites for hydroxylation is 1. The Kier molecular flexibility index (Phi) is 4.99. The topological polar surface area (TPSA) is 50.9 Å². The number of hydrogen-bond donors (Lipinski definition) is 2. The first-order chi connectivity index (χ1) is 7.69. The lowest BCUT2D eigenvalue weighted by molar-refractivity contribution is 0.537. The molecule has 88 valence electrons. The van der Waals surface area contributed by atoms with E-state index in [-0.39, 0.29) is 6.04 Å². The van der Waals surface area contributed by atoms with Crippen LogP contribution in [0.4, 0.5) is 5.82 Å². The molecule has 0 aliphatic rings. The fourth-order valence-electron chi connectivity index (χ4n) is 1.69. The van der Waals surface area contributed by atoms with Crippen molar-refractivity contribution in [1.29, 1.82) is 0 Å². The summed E-state index contributed by atoms with van der Waals surface area (Å²) in [7, 11) is 0. The molecule has 0 aromatic carbocycles. The molecule has 16 heavy (non-hydrogen) atoms. The number of nitrogens with zero attached hydrogens (tertiary/aromatic N) is 1. The van der Waals surface area contributed by atoms with Gasteiger partial charge in [-0.2, -0.15) is 0 Å². The summed E-state index contributed by atoms with van der Waals surface area (Å²) in [5.74, 6) is 0.612. The molecule has 0 radical (unpaired) electrons. The Balaban J connectivity index is 2.90. The first kappa shape index (κ1) is 12.7. The number of nitrogens with one attached hydrogen (secondary N) is 1. The van der Waals surface area contributed by atoms with Crippen LogP contribution in [0.5, 0.6) is 0 Å². The van der Waals surface area contributed by atoms with Crippen LogP contribution in [-0.4, -0.2) is 11.5 Å². The summed E-state index contributed by atoms with van der Waals surface area (Å²) in [4.78, 5) is 4.19. The lowest BCUT2D eigenvalue weighted by Crippen LogP contribution is -2.23. The van der Waals surface area contributed by atoms with E-state index in [2.05, 4.69) is 29.9 Å². The zero-order chi connectivity index (χ0) is 12.0. The molecule has 3 heteroatoms. The Hall–Kier alpha value is -1.35. The number of nitrogen functional groups attached to an aromatic ring is 1. The second kappa shape index (κ2) is 6.28. The quantitative estimate of drug-likeness (QED) is 0.723. The molecule has 1 atom stereocenters. The third-order valence-electron chi connectivity index (χ3n) is 2.50. The van der Waals surface area contributed by atoms with E-state index in [1.807, 2.05) is 13.0 Å². The van der Waals surface area contributed by atoms with Crippen molar-refractivity contribution in [2.45, 2.75) is 32.7 Å². The Morgan fingerprint density at radius 1 is 1.62 bits per heavy atom. The molecule has 0 amide bonds. The second-order valence-corrected chi connectivity index (χ2v) is 4.02. The van der Waals surface area contributed by atoms with Crippen LogP contribution >= 0.6 is 0 Å². The van der Waals surface area contributed by atoms with Crippen LogP contribution in [0.25, 0.3) is 0 Å². The Morgan fingerprint density at radius 3 is 3.00 bits per heavy atom. The highest BCUT2D eigenvalue weighted by Gasteiger charge is 2.12. The van der Waals surface area contributed by atoms with Crippen molar-refractivity contribution in [2.24, 2.45) is 0 Å². The minimum atomic E-state index is 0.227. The minimum absolute atomic E-state index is 0.227. The molecule has 0 fully saturated rings. The molecule has 0 spiro atoms. The third kappa shape index (κ3) is 3.35. The van der Waals surface area contributed by atoms with Gasteiger partial charge in [-0.25, -0.2) is 4.98 Å². The normalized spacial score (nSPS) is 12.4. The standard InChI is InChI=1S/C13H21N3/c1-4-6-12(15-7-5-2)11-8-10(3)9-16-13(11)14/h4,8-9,12,15H,1,5-7H2,2-3H3,(H2,14,16). The summed E-state index contributed by atoms with van der Waals surface area (Å²) < 4.78 is 0. The van der Waals surface area contributed by atoms with Crippen molar-refractivity contribution in [3.8, 4) is 0 Å². The van der Waals surface area contributed by atoms with E-state index >= 15 is 0 Å². The van der Waals surface area contributed by atoms with Gasteiger partial charge >= 0.3 is 0 Å². The first-order valence-electron chi connectivity index (χ1n) is 5.75. The van der Waals surface area contributed by atoms with Crippen molar-refractivity contribution in [3.05, 3.63) is 36.0 Å². The lowest BCUT2D eigenvalue weighted by Gasteiger charge is -2.19. The van der Waals surface area contributed by atoms with Crippen molar-refractivity contribution in [3.63, 3.8) is 0 Å². The number of nitrogens with two attached hydrogens (primary N) is 1. The van der Waals surface area contributed by atoms with Crippen LogP contribution in [0.15, 0.2) is 24.9 Å². The van der Waals surface area contributed by atoms with E-state index < -0.39 is 0 Å². The van der Waals surface area contributed by atoms with Gasteiger partial charge in [0.05, 0.1) is 0 Å². The van der Waals surface area contributed by atoms with E-state index in [1.165, 1.54) is 0 Å². The average Bonchev–Trinajstić information content (AvgIpc) is 2.28. The third-order valence-corrected chi connectivity index (χ3v) is 2.50. The average molecular weight is 219 g/mol. The smallest absolute Gasteiger partial charge is 0.128 e. The van der Waals surface area contributed by atoms with Crippen molar-refractivity contribution >= 4 is 5.82 Å². The van der Waals surface area contributed by atoms with E-state index in [0.29, 0.717) is 5.82 Å². The molecule has 1 heterocycles. The lowest BCUT2D eigenvalue weighted by atomic mass is 10.0. The minimum Gasteiger partial charge on any atom is -0.383 e. The number of hydrogen-bond acceptors (Lipinski definition) is 3. The zero-order valence-corrected chi connectivity index (χ0v) is 10.2. The predicted octanol–water partition coefficient (Wildman–Crippen LogP) is 2.59. The maximum absolute atomic E-state index is 5.91. The molecule has 1 aromatic heterocycles. The highest BCUT2D eigenvalue weighted by Crippen LogP contribution is 2.22. The van der Waals surface area contributed by atoms with E-state index in [1.54, 1.807) is 6.20 Å². The molecular weight excluding hydrogens is 198 g/mol. The monoisotopic (exact) mass is 219 g/mol. The molecule has 3 N–H and O–H groups in total. The maximum atomic E-state index is 5.91. The van der Waals surface area contributed by atoms with Gasteiger partial charge in [0.25, 0.3) is 0 Å². The summed E-state index contributed by atoms with van der Waals surface area (Å²) in [5, 5.41) is 3.46. The highest BCUT2D eigenvalue weighted by atomic mass is 14.9. The first-order valence-corrected chi connectivity index (χ1v) is 5.75. The van der Waals surface area contributed by atoms with Gasteiger partial charge < -0.3 is 11.1 Å². The van der Waals surface area contributed by atoms with Crippen LogP contribution < -0.4 is 11.1 Å². The van der Waals surface area contributed by atoms with Gasteiger partial charge in [-0.3, -0.25) is 0 Å². The Labute approximate surface area is 97.8 Å². The van der Waals surface area contributed by atoms with E-state index in [0.717, 1.165) is 30.5 Å². The van der Waals surface area contributed by atoms with Crippen molar-refractivity contribution in [1.82, 2.24) is 10.3 Å². The van der Waals surface area contributed by atoms with Gasteiger partial charge in [0.2, 0.25) is 0 Å². The van der Waals surface area contributed by atoms with Crippen LogP contribution in [-0.2, 0) is 0 Å². The van der Waals surface area contributed by atoms with E-state index in [4.69, 9.17) is 5.73 Å². The summed E-state index contributed by atoms with van der Waals surface area (Å²) >= 11 is 0. The van der Waals surface area contributed by atoms with Gasteiger partial charge in [-0.1, -0.05) is 13.0 Å². The molecule has 3 nitrogen and oxygen atoms in total. The highest BCUT2D eigenvalue weighted by molar-refractivity contribution is 5.43. The van der Waals surface area contributed by atoms with Crippen LogP contribution in [0.1, 0.15) is 36.9 Å². The molecule has 0 aliphatic heterocycles. The van der Waals surface area contributed by atoms with Crippen LogP contribution in [0.2, 0.25) is 0 Å². The van der Waals surface area contributed by atoms with Crippen molar-refractivity contribution < 1.29 is 0 Å². The van der Waals surface area contributed by atoms with Gasteiger partial charge in [0.1, 0.15) is 5.82 Å². The number of rotatable bonds is 6. The molecule has 0 bridgehead atoms. The van der Waals surface area contributed by atoms with Gasteiger partial charge in [-0.05, 0) is 37.9 Å². The molecular formula is C13H21N3.